The summed E-state index contributed by atoms with van der Waals surface area (Å²) in [5.41, 5.74) is 1.68. The van der Waals surface area contributed by atoms with E-state index in [0.717, 1.165) is 11.6 Å². The first-order chi connectivity index (χ1) is 10.5. The topological polar surface area (TPSA) is 58.9 Å². The zero-order valence-corrected chi connectivity index (χ0v) is 12.8. The van der Waals surface area contributed by atoms with E-state index >= 15 is 0 Å². The van der Waals surface area contributed by atoms with Gasteiger partial charge in [0.2, 0.25) is 12.2 Å². The lowest BCUT2D eigenvalue weighted by atomic mass is 10.2. The van der Waals surface area contributed by atoms with Gasteiger partial charge in [0.1, 0.15) is 5.82 Å². The van der Waals surface area contributed by atoms with Crippen LogP contribution in [0.3, 0.4) is 0 Å². The molecule has 0 aliphatic carbocycles. The second kappa shape index (κ2) is 8.88. The van der Waals surface area contributed by atoms with E-state index in [1.807, 2.05) is 0 Å². The zero-order valence-electron chi connectivity index (χ0n) is 11.3. The number of aliphatic imine (C=N–C) groups is 2. The first kappa shape index (κ1) is 17.8. The highest BCUT2D eigenvalue weighted by Crippen LogP contribution is 2.24. The molecule has 2 rings (SSSR count). The van der Waals surface area contributed by atoms with E-state index in [-0.39, 0.29) is 5.02 Å². The first-order valence-electron chi connectivity index (χ1n) is 5.85. The van der Waals surface area contributed by atoms with Gasteiger partial charge in [-0.15, -0.1) is 0 Å². The third-order valence-corrected chi connectivity index (χ3v) is 3.18. The summed E-state index contributed by atoms with van der Waals surface area (Å²) in [6.07, 6.45) is 2.79. The minimum Gasteiger partial charge on any atom is -0.211 e. The van der Waals surface area contributed by atoms with Crippen LogP contribution in [0.25, 0.3) is 0 Å². The number of hydrogen-bond donors (Lipinski definition) is 0. The van der Waals surface area contributed by atoms with Gasteiger partial charge in [0.05, 0.1) is 16.4 Å². The van der Waals surface area contributed by atoms with E-state index in [1.165, 1.54) is 24.3 Å². The van der Waals surface area contributed by atoms with Crippen LogP contribution in [-0.2, 0) is 9.59 Å². The maximum Gasteiger partial charge on any atom is 0.240 e. The fourth-order valence-electron chi connectivity index (χ4n) is 1.37. The summed E-state index contributed by atoms with van der Waals surface area (Å²) >= 11 is 11.1. The summed E-state index contributed by atoms with van der Waals surface area (Å²) in [4.78, 5) is 26.4. The summed E-state index contributed by atoms with van der Waals surface area (Å²) in [5.74, 6) is -0.531. The van der Waals surface area contributed by atoms with Gasteiger partial charge in [-0.1, -0.05) is 29.3 Å². The van der Waals surface area contributed by atoms with Gasteiger partial charge in [-0.3, -0.25) is 0 Å². The standard InChI is InChI=1S/C8H6ClNO.C7H3ClFNO/c1-6-7(9)3-2-4-8(6)10-5-11;8-6-3-5(10-4-11)1-2-7(6)9/h2-4H,1H3;1-3H. The fraction of sp³-hybridized carbons (Fsp3) is 0.0667. The van der Waals surface area contributed by atoms with E-state index in [1.54, 1.807) is 25.1 Å². The molecule has 2 aromatic rings. The Hall–Kier alpha value is -2.29. The predicted molar refractivity (Wildman–Crippen MR) is 83.2 cm³/mol. The number of benzene rings is 2. The lowest BCUT2D eigenvalue weighted by molar-refractivity contribution is 0.564. The Labute approximate surface area is 135 Å². The van der Waals surface area contributed by atoms with E-state index in [9.17, 15) is 14.0 Å². The van der Waals surface area contributed by atoms with Gasteiger partial charge < -0.3 is 0 Å². The second-order valence-electron chi connectivity index (χ2n) is 3.89. The second-order valence-corrected chi connectivity index (χ2v) is 4.70. The quantitative estimate of drug-likeness (QED) is 0.567. The summed E-state index contributed by atoms with van der Waals surface area (Å²) in [6.45, 7) is 1.80. The van der Waals surface area contributed by atoms with E-state index in [4.69, 9.17) is 23.2 Å². The number of nitrogens with zero attached hydrogens (tertiary/aromatic N) is 2. The molecular weight excluding hydrogens is 330 g/mol. The largest absolute Gasteiger partial charge is 0.240 e. The van der Waals surface area contributed by atoms with Crippen LogP contribution >= 0.6 is 23.2 Å². The highest BCUT2D eigenvalue weighted by Gasteiger charge is 1.99. The third kappa shape index (κ3) is 5.24. The Kier molecular flexibility index (Phi) is 7.17. The molecule has 0 saturated carbocycles. The van der Waals surface area contributed by atoms with Crippen molar-refractivity contribution in [2.45, 2.75) is 6.92 Å². The van der Waals surface area contributed by atoms with Crippen molar-refractivity contribution in [3.63, 3.8) is 0 Å². The minimum atomic E-state index is -0.531. The molecule has 0 fully saturated rings. The number of rotatable bonds is 2. The van der Waals surface area contributed by atoms with Crippen LogP contribution < -0.4 is 0 Å². The Bertz CT molecular complexity index is 768. The molecule has 0 spiro atoms. The van der Waals surface area contributed by atoms with Crippen molar-refractivity contribution in [1.29, 1.82) is 0 Å². The molecule has 0 saturated heterocycles. The molecule has 4 nitrogen and oxygen atoms in total. The Morgan fingerprint density at radius 1 is 1.00 bits per heavy atom. The molecule has 0 heterocycles. The minimum absolute atomic E-state index is 0.0542. The molecule has 112 valence electrons. The van der Waals surface area contributed by atoms with E-state index < -0.39 is 5.82 Å². The molecule has 0 N–H and O–H groups in total. The molecule has 0 aliphatic rings. The predicted octanol–water partition coefficient (Wildman–Crippen LogP) is 5.06. The van der Waals surface area contributed by atoms with Crippen molar-refractivity contribution < 1.29 is 14.0 Å². The molecule has 0 aliphatic heterocycles. The number of carbonyl (C=O) groups excluding carboxylic acids is 2. The van der Waals surface area contributed by atoms with Crippen LogP contribution in [0.15, 0.2) is 46.4 Å². The van der Waals surface area contributed by atoms with Crippen molar-refractivity contribution in [3.05, 3.63) is 57.8 Å². The van der Waals surface area contributed by atoms with Crippen molar-refractivity contribution >= 4 is 46.7 Å². The van der Waals surface area contributed by atoms with Gasteiger partial charge in [-0.05, 0) is 42.8 Å². The normalized spacial score (nSPS) is 8.91. The third-order valence-electron chi connectivity index (χ3n) is 2.48. The van der Waals surface area contributed by atoms with Crippen molar-refractivity contribution in [2.24, 2.45) is 9.98 Å². The summed E-state index contributed by atoms with van der Waals surface area (Å²) in [6, 6.07) is 8.94. The van der Waals surface area contributed by atoms with Gasteiger partial charge in [0.15, 0.2) is 0 Å². The van der Waals surface area contributed by atoms with Gasteiger partial charge in [-0.25, -0.2) is 14.0 Å². The highest BCUT2D eigenvalue weighted by atomic mass is 35.5. The van der Waals surface area contributed by atoms with Gasteiger partial charge in [0, 0.05) is 5.02 Å². The van der Waals surface area contributed by atoms with Crippen LogP contribution in [0.4, 0.5) is 15.8 Å². The maximum absolute atomic E-state index is 12.5. The van der Waals surface area contributed by atoms with E-state index in [2.05, 4.69) is 9.98 Å². The summed E-state index contributed by atoms with van der Waals surface area (Å²) < 4.78 is 12.5. The molecule has 0 unspecified atom stereocenters. The first-order valence-corrected chi connectivity index (χ1v) is 6.61. The molecule has 0 radical (unpaired) electrons. The Morgan fingerprint density at radius 3 is 2.27 bits per heavy atom. The lowest BCUT2D eigenvalue weighted by Gasteiger charge is -1.98. The van der Waals surface area contributed by atoms with Gasteiger partial charge in [0.25, 0.3) is 0 Å². The number of isocyanates is 2. The molecule has 7 heteroatoms. The van der Waals surface area contributed by atoms with Crippen LogP contribution in [0, 0.1) is 12.7 Å². The summed E-state index contributed by atoms with van der Waals surface area (Å²) in [5, 5.41) is 0.558. The molecular formula is C15H9Cl2FN2O2. The maximum atomic E-state index is 12.5. The molecule has 0 aromatic heterocycles. The van der Waals surface area contributed by atoms with Gasteiger partial charge in [-0.2, -0.15) is 9.98 Å². The number of halogens is 3. The highest BCUT2D eigenvalue weighted by molar-refractivity contribution is 6.31. The van der Waals surface area contributed by atoms with Crippen LogP contribution in [-0.4, -0.2) is 12.2 Å². The molecule has 0 atom stereocenters. The Morgan fingerprint density at radius 2 is 1.68 bits per heavy atom. The molecule has 0 amide bonds. The molecule has 0 bridgehead atoms. The summed E-state index contributed by atoms with van der Waals surface area (Å²) in [7, 11) is 0. The SMILES string of the molecule is Cc1c(Cl)cccc1N=C=O.O=C=Nc1ccc(F)c(Cl)c1. The van der Waals surface area contributed by atoms with Crippen LogP contribution in [0.2, 0.25) is 10.0 Å². The smallest absolute Gasteiger partial charge is 0.211 e. The monoisotopic (exact) mass is 338 g/mol. The van der Waals surface area contributed by atoms with E-state index in [0.29, 0.717) is 16.4 Å². The number of hydrogen-bond acceptors (Lipinski definition) is 4. The average molecular weight is 339 g/mol. The Balaban J connectivity index is 0.000000220. The lowest BCUT2D eigenvalue weighted by Crippen LogP contribution is -1.74. The van der Waals surface area contributed by atoms with Crippen molar-refractivity contribution in [2.75, 3.05) is 0 Å². The average Bonchev–Trinajstić information content (AvgIpc) is 2.49. The van der Waals surface area contributed by atoms with Crippen LogP contribution in [0.1, 0.15) is 5.56 Å². The fourth-order valence-corrected chi connectivity index (χ4v) is 1.72. The van der Waals surface area contributed by atoms with Crippen LogP contribution in [0.5, 0.6) is 0 Å². The van der Waals surface area contributed by atoms with Crippen molar-refractivity contribution in [1.82, 2.24) is 0 Å². The molecule has 2 aromatic carbocycles. The zero-order chi connectivity index (χ0) is 16.5. The van der Waals surface area contributed by atoms with Crippen molar-refractivity contribution in [3.8, 4) is 0 Å². The van der Waals surface area contributed by atoms with Gasteiger partial charge >= 0.3 is 0 Å². The molecule has 22 heavy (non-hydrogen) atoms.